The molecule has 0 heterocycles. The highest BCUT2D eigenvalue weighted by Crippen LogP contribution is 2.17. The minimum absolute atomic E-state index is 0.368. The summed E-state index contributed by atoms with van der Waals surface area (Å²) in [6.45, 7) is 4.06. The number of nitrogens with one attached hydrogen (secondary N) is 1. The molecule has 0 fully saturated rings. The van der Waals surface area contributed by atoms with E-state index in [9.17, 15) is 25.2 Å². The van der Waals surface area contributed by atoms with E-state index < -0.39 is 36.9 Å². The van der Waals surface area contributed by atoms with Crippen molar-refractivity contribution in [3.05, 3.63) is 12.2 Å². The molecule has 6 heteroatoms. The molecular formula is C48H95NO5. The molecule has 5 N–H and O–H groups in total. The van der Waals surface area contributed by atoms with E-state index in [2.05, 4.69) is 31.3 Å². The van der Waals surface area contributed by atoms with E-state index in [1.165, 1.54) is 193 Å². The number of aliphatic hydroxyl groups is 4. The third-order valence-corrected chi connectivity index (χ3v) is 11.5. The second-order valence-electron chi connectivity index (χ2n) is 16.8. The molecule has 6 nitrogen and oxygen atoms in total. The number of aliphatic hydroxyl groups excluding tert-OH is 4. The molecule has 0 aromatic carbocycles. The molecule has 0 rings (SSSR count). The zero-order valence-corrected chi connectivity index (χ0v) is 36.2. The lowest BCUT2D eigenvalue weighted by atomic mass is 10.00. The molecule has 0 aromatic rings. The summed E-state index contributed by atoms with van der Waals surface area (Å²) in [7, 11) is 0. The SMILES string of the molecule is CCCCCCCCCCCCCCCC/C=C/CCCC(O)C(O)C(CO)NC(=O)C(O)CCCCCCCCCCCCCCCCCCCCC. The smallest absolute Gasteiger partial charge is 0.249 e. The van der Waals surface area contributed by atoms with Gasteiger partial charge in [0.25, 0.3) is 0 Å². The van der Waals surface area contributed by atoms with Crippen molar-refractivity contribution >= 4 is 5.91 Å². The fourth-order valence-electron chi connectivity index (χ4n) is 7.64. The first-order chi connectivity index (χ1) is 26.5. The van der Waals surface area contributed by atoms with Gasteiger partial charge in [0.05, 0.1) is 18.8 Å². The van der Waals surface area contributed by atoms with Gasteiger partial charge in [0, 0.05) is 0 Å². The van der Waals surface area contributed by atoms with Crippen LogP contribution in [0.1, 0.15) is 258 Å². The van der Waals surface area contributed by atoms with Gasteiger partial charge in [0.15, 0.2) is 0 Å². The lowest BCUT2D eigenvalue weighted by Gasteiger charge is -2.27. The normalized spacial score (nSPS) is 14.1. The highest BCUT2D eigenvalue weighted by atomic mass is 16.3. The van der Waals surface area contributed by atoms with Crippen molar-refractivity contribution in [3.63, 3.8) is 0 Å². The molecule has 0 radical (unpaired) electrons. The maximum atomic E-state index is 12.5. The Hall–Kier alpha value is -0.950. The van der Waals surface area contributed by atoms with Crippen molar-refractivity contribution in [3.8, 4) is 0 Å². The van der Waals surface area contributed by atoms with Crippen molar-refractivity contribution in [1.82, 2.24) is 5.32 Å². The Morgan fingerprint density at radius 1 is 0.444 bits per heavy atom. The van der Waals surface area contributed by atoms with Gasteiger partial charge < -0.3 is 25.7 Å². The zero-order chi connectivity index (χ0) is 39.6. The standard InChI is InChI=1S/C48H95NO5/c1-3-5-7-9-11-13-15-17-19-21-23-25-27-29-31-33-35-37-39-41-45(51)47(53)44(43-50)49-48(54)46(52)42-40-38-36-34-32-30-28-26-24-22-20-18-16-14-12-10-8-6-4-2/h33,35,44-47,50-53H,3-32,34,36-43H2,1-2H3,(H,49,54)/b35-33+. The minimum atomic E-state index is -1.28. The average molecular weight is 766 g/mol. The van der Waals surface area contributed by atoms with Crippen molar-refractivity contribution in [2.75, 3.05) is 6.61 Å². The third kappa shape index (κ3) is 36.7. The van der Waals surface area contributed by atoms with Crippen molar-refractivity contribution in [2.45, 2.75) is 282 Å². The Labute approximate surface area is 336 Å². The fourth-order valence-corrected chi connectivity index (χ4v) is 7.64. The topological polar surface area (TPSA) is 110 Å². The van der Waals surface area contributed by atoms with Crippen LogP contribution in [0, 0.1) is 0 Å². The molecule has 0 saturated heterocycles. The third-order valence-electron chi connectivity index (χ3n) is 11.5. The molecule has 322 valence electrons. The summed E-state index contributed by atoms with van der Waals surface area (Å²) in [5, 5.41) is 43.8. The quantitative estimate of drug-likeness (QED) is 0.0313. The highest BCUT2D eigenvalue weighted by molar-refractivity contribution is 5.80. The lowest BCUT2D eigenvalue weighted by Crippen LogP contribution is -2.53. The van der Waals surface area contributed by atoms with Crippen LogP contribution in [0.25, 0.3) is 0 Å². The minimum Gasteiger partial charge on any atom is -0.394 e. The maximum Gasteiger partial charge on any atom is 0.249 e. The van der Waals surface area contributed by atoms with E-state index in [1.54, 1.807) is 0 Å². The number of unbranched alkanes of at least 4 members (excludes halogenated alkanes) is 33. The number of amides is 1. The maximum absolute atomic E-state index is 12.5. The Morgan fingerprint density at radius 2 is 0.759 bits per heavy atom. The molecule has 0 bridgehead atoms. The van der Waals surface area contributed by atoms with Crippen LogP contribution in [0.3, 0.4) is 0 Å². The summed E-state index contributed by atoms with van der Waals surface area (Å²) >= 11 is 0. The van der Waals surface area contributed by atoms with E-state index in [-0.39, 0.29) is 0 Å². The van der Waals surface area contributed by atoms with E-state index in [1.807, 2.05) is 0 Å². The molecule has 54 heavy (non-hydrogen) atoms. The number of hydrogen-bond donors (Lipinski definition) is 5. The van der Waals surface area contributed by atoms with Crippen LogP contribution in [0.2, 0.25) is 0 Å². The number of carbonyl (C=O) groups is 1. The number of rotatable bonds is 44. The number of hydrogen-bond acceptors (Lipinski definition) is 5. The Balaban J connectivity index is 3.71. The molecular weight excluding hydrogens is 671 g/mol. The van der Waals surface area contributed by atoms with Crippen molar-refractivity contribution in [1.29, 1.82) is 0 Å². The molecule has 0 spiro atoms. The molecule has 0 aliphatic rings. The zero-order valence-electron chi connectivity index (χ0n) is 36.2. The molecule has 4 unspecified atom stereocenters. The van der Waals surface area contributed by atoms with E-state index in [0.29, 0.717) is 12.8 Å². The van der Waals surface area contributed by atoms with Gasteiger partial charge in [-0.25, -0.2) is 0 Å². The van der Waals surface area contributed by atoms with Crippen LogP contribution in [0.4, 0.5) is 0 Å². The first-order valence-electron chi connectivity index (χ1n) is 24.1. The van der Waals surface area contributed by atoms with Crippen LogP contribution in [0.15, 0.2) is 12.2 Å². The highest BCUT2D eigenvalue weighted by Gasteiger charge is 2.28. The van der Waals surface area contributed by atoms with Crippen molar-refractivity contribution in [2.24, 2.45) is 0 Å². The van der Waals surface area contributed by atoms with Gasteiger partial charge >= 0.3 is 0 Å². The molecule has 0 aromatic heterocycles. The van der Waals surface area contributed by atoms with Crippen molar-refractivity contribution < 1.29 is 25.2 Å². The van der Waals surface area contributed by atoms with Crippen LogP contribution >= 0.6 is 0 Å². The number of carbonyl (C=O) groups excluding carboxylic acids is 1. The van der Waals surface area contributed by atoms with Crippen LogP contribution in [0.5, 0.6) is 0 Å². The summed E-state index contributed by atoms with van der Waals surface area (Å²) in [6, 6.07) is -0.997. The van der Waals surface area contributed by atoms with Gasteiger partial charge in [-0.1, -0.05) is 231 Å². The van der Waals surface area contributed by atoms with Gasteiger partial charge in [-0.15, -0.1) is 0 Å². The van der Waals surface area contributed by atoms with Gasteiger partial charge in [-0.05, 0) is 38.5 Å². The summed E-state index contributed by atoms with van der Waals surface area (Å²) in [5.74, 6) is -0.589. The predicted octanol–water partition coefficient (Wildman–Crippen LogP) is 13.0. The average Bonchev–Trinajstić information content (AvgIpc) is 3.18. The van der Waals surface area contributed by atoms with E-state index >= 15 is 0 Å². The monoisotopic (exact) mass is 766 g/mol. The summed E-state index contributed by atoms with van der Waals surface area (Å²) in [6.07, 6.45) is 48.2. The van der Waals surface area contributed by atoms with Gasteiger partial charge in [0.2, 0.25) is 5.91 Å². The summed E-state index contributed by atoms with van der Waals surface area (Å²) in [5.41, 5.74) is 0. The molecule has 0 saturated carbocycles. The van der Waals surface area contributed by atoms with Crippen LogP contribution in [-0.2, 0) is 4.79 Å². The largest absolute Gasteiger partial charge is 0.394 e. The fraction of sp³-hybridized carbons (Fsp3) is 0.938. The van der Waals surface area contributed by atoms with Crippen LogP contribution < -0.4 is 5.32 Å². The van der Waals surface area contributed by atoms with Gasteiger partial charge in [-0.3, -0.25) is 4.79 Å². The molecule has 0 aliphatic carbocycles. The summed E-state index contributed by atoms with van der Waals surface area (Å²) in [4.78, 5) is 12.5. The van der Waals surface area contributed by atoms with E-state index in [0.717, 1.165) is 38.5 Å². The Bertz CT molecular complexity index is 776. The Kier molecular flexibility index (Phi) is 42.4. The first kappa shape index (κ1) is 53.0. The predicted molar refractivity (Wildman–Crippen MR) is 233 cm³/mol. The summed E-state index contributed by atoms with van der Waals surface area (Å²) < 4.78 is 0. The number of allylic oxidation sites excluding steroid dienone is 2. The molecule has 0 aliphatic heterocycles. The van der Waals surface area contributed by atoms with Crippen LogP contribution in [-0.4, -0.2) is 57.3 Å². The second-order valence-corrected chi connectivity index (χ2v) is 16.8. The second kappa shape index (κ2) is 43.2. The van der Waals surface area contributed by atoms with Gasteiger partial charge in [0.1, 0.15) is 12.2 Å². The molecule has 4 atom stereocenters. The van der Waals surface area contributed by atoms with E-state index in [4.69, 9.17) is 0 Å². The molecule has 1 amide bonds. The van der Waals surface area contributed by atoms with Gasteiger partial charge in [-0.2, -0.15) is 0 Å². The first-order valence-corrected chi connectivity index (χ1v) is 24.1. The Morgan fingerprint density at radius 3 is 1.11 bits per heavy atom. The lowest BCUT2D eigenvalue weighted by molar-refractivity contribution is -0.132.